The van der Waals surface area contributed by atoms with E-state index in [-0.39, 0.29) is 23.9 Å². The van der Waals surface area contributed by atoms with Gasteiger partial charge in [0.2, 0.25) is 0 Å². The summed E-state index contributed by atoms with van der Waals surface area (Å²) >= 11 is 0. The number of hydrogen-bond acceptors (Lipinski definition) is 5. The third kappa shape index (κ3) is 7.34. The number of amides is 1. The van der Waals surface area contributed by atoms with Crippen molar-refractivity contribution < 1.29 is 29.3 Å². The quantitative estimate of drug-likeness (QED) is 0.360. The van der Waals surface area contributed by atoms with Gasteiger partial charge in [-0.05, 0) is 41.8 Å². The zero-order chi connectivity index (χ0) is 27.1. The largest absolute Gasteiger partial charge is 0.481 e. The SMILES string of the molecule is CC(C)c1c(C(=O)N(C)Cc2ccccc2)nn(-c2ccc(F)cc2)c1/C=C/[C@H](O)C[C@@H](O)CC(=O)O. The Bertz CT molecular complexity index is 1240. The van der Waals surface area contributed by atoms with Gasteiger partial charge in [0.25, 0.3) is 5.91 Å². The van der Waals surface area contributed by atoms with Crippen LogP contribution in [0, 0.1) is 5.82 Å². The van der Waals surface area contributed by atoms with Gasteiger partial charge >= 0.3 is 5.97 Å². The van der Waals surface area contributed by atoms with Crippen molar-refractivity contribution in [3.63, 3.8) is 0 Å². The third-order valence-electron chi connectivity index (χ3n) is 5.82. The van der Waals surface area contributed by atoms with Crippen molar-refractivity contribution in [2.45, 2.75) is 51.4 Å². The number of hydrogen-bond donors (Lipinski definition) is 3. The van der Waals surface area contributed by atoms with Gasteiger partial charge in [0.15, 0.2) is 5.69 Å². The normalized spacial score (nSPS) is 13.2. The van der Waals surface area contributed by atoms with Crippen LogP contribution in [0.15, 0.2) is 60.7 Å². The molecule has 0 unspecified atom stereocenters. The predicted molar refractivity (Wildman–Crippen MR) is 138 cm³/mol. The first-order valence-corrected chi connectivity index (χ1v) is 12.0. The molecule has 0 aliphatic carbocycles. The zero-order valence-corrected chi connectivity index (χ0v) is 21.1. The van der Waals surface area contributed by atoms with E-state index in [0.717, 1.165) is 5.56 Å². The second-order valence-corrected chi connectivity index (χ2v) is 9.25. The number of carbonyl (C=O) groups excluding carboxylic acids is 1. The summed E-state index contributed by atoms with van der Waals surface area (Å²) in [5, 5.41) is 33.7. The Labute approximate surface area is 215 Å². The van der Waals surface area contributed by atoms with Gasteiger partial charge < -0.3 is 20.2 Å². The molecule has 0 saturated carbocycles. The Kier molecular flexibility index (Phi) is 9.32. The molecule has 3 N–H and O–H groups in total. The minimum Gasteiger partial charge on any atom is -0.481 e. The molecule has 0 aliphatic heterocycles. The Morgan fingerprint density at radius 3 is 2.32 bits per heavy atom. The lowest BCUT2D eigenvalue weighted by atomic mass is 9.98. The summed E-state index contributed by atoms with van der Waals surface area (Å²) in [4.78, 5) is 25.9. The van der Waals surface area contributed by atoms with E-state index in [2.05, 4.69) is 5.10 Å². The van der Waals surface area contributed by atoms with Crippen molar-refractivity contribution in [3.05, 3.63) is 89.0 Å². The number of carboxylic acids is 1. The summed E-state index contributed by atoms with van der Waals surface area (Å²) in [6.07, 6.45) is 0.0182. The number of aliphatic hydroxyl groups is 2. The number of benzene rings is 2. The maximum absolute atomic E-state index is 13.6. The molecule has 196 valence electrons. The van der Waals surface area contributed by atoms with E-state index in [1.54, 1.807) is 30.2 Å². The maximum Gasteiger partial charge on any atom is 0.305 e. The first-order chi connectivity index (χ1) is 17.6. The van der Waals surface area contributed by atoms with Crippen molar-refractivity contribution in [1.82, 2.24) is 14.7 Å². The summed E-state index contributed by atoms with van der Waals surface area (Å²) in [6.45, 7) is 4.22. The highest BCUT2D eigenvalue weighted by atomic mass is 19.1. The molecule has 3 rings (SSSR count). The van der Waals surface area contributed by atoms with Gasteiger partial charge in [0.1, 0.15) is 5.82 Å². The number of halogens is 1. The van der Waals surface area contributed by atoms with Crippen molar-refractivity contribution >= 4 is 18.0 Å². The van der Waals surface area contributed by atoms with Crippen LogP contribution in [0.25, 0.3) is 11.8 Å². The van der Waals surface area contributed by atoms with E-state index in [0.29, 0.717) is 23.5 Å². The molecule has 2 aromatic carbocycles. The Morgan fingerprint density at radius 1 is 1.08 bits per heavy atom. The molecule has 1 heterocycles. The van der Waals surface area contributed by atoms with Crippen LogP contribution in [0.1, 0.15) is 59.9 Å². The second-order valence-electron chi connectivity index (χ2n) is 9.25. The highest BCUT2D eigenvalue weighted by Gasteiger charge is 2.27. The fourth-order valence-corrected chi connectivity index (χ4v) is 4.06. The highest BCUT2D eigenvalue weighted by Crippen LogP contribution is 2.29. The highest BCUT2D eigenvalue weighted by molar-refractivity contribution is 5.95. The van der Waals surface area contributed by atoms with Crippen LogP contribution in [-0.2, 0) is 11.3 Å². The molecular formula is C28H32FN3O5. The molecule has 0 radical (unpaired) electrons. The van der Waals surface area contributed by atoms with Crippen LogP contribution >= 0.6 is 0 Å². The zero-order valence-electron chi connectivity index (χ0n) is 21.1. The monoisotopic (exact) mass is 509 g/mol. The van der Waals surface area contributed by atoms with Gasteiger partial charge in [-0.3, -0.25) is 9.59 Å². The van der Waals surface area contributed by atoms with Crippen molar-refractivity contribution in [2.75, 3.05) is 7.05 Å². The molecule has 37 heavy (non-hydrogen) atoms. The lowest BCUT2D eigenvalue weighted by Gasteiger charge is -2.17. The minimum atomic E-state index is -1.22. The molecule has 9 heteroatoms. The first-order valence-electron chi connectivity index (χ1n) is 12.0. The number of aliphatic carboxylic acids is 1. The molecule has 0 saturated heterocycles. The predicted octanol–water partition coefficient (Wildman–Crippen LogP) is 4.01. The van der Waals surface area contributed by atoms with E-state index in [1.165, 1.54) is 22.9 Å². The van der Waals surface area contributed by atoms with Crippen molar-refractivity contribution in [1.29, 1.82) is 0 Å². The molecule has 8 nitrogen and oxygen atoms in total. The average molecular weight is 510 g/mol. The van der Waals surface area contributed by atoms with Gasteiger partial charge in [-0.15, -0.1) is 0 Å². The standard InChI is InChI=1S/C28H32FN3O5/c1-18(2)26-24(14-13-22(33)15-23(34)16-25(35)36)32(21-11-9-20(29)10-12-21)30-27(26)28(37)31(3)17-19-7-5-4-6-8-19/h4-14,18,22-23,33-34H,15-17H2,1-3H3,(H,35,36)/b14-13+/t22-,23+/m0/s1. The number of nitrogens with zero attached hydrogens (tertiary/aromatic N) is 3. The number of aromatic nitrogens is 2. The molecule has 0 bridgehead atoms. The third-order valence-corrected chi connectivity index (χ3v) is 5.82. The molecule has 1 aromatic heterocycles. The van der Waals surface area contributed by atoms with E-state index >= 15 is 0 Å². The Balaban J connectivity index is 2.02. The Morgan fingerprint density at radius 2 is 1.73 bits per heavy atom. The van der Waals surface area contributed by atoms with Crippen molar-refractivity contribution in [3.8, 4) is 5.69 Å². The molecule has 0 fully saturated rings. The van der Waals surface area contributed by atoms with Crippen molar-refractivity contribution in [2.24, 2.45) is 0 Å². The summed E-state index contributed by atoms with van der Waals surface area (Å²) in [5.41, 5.74) is 2.88. The van der Waals surface area contributed by atoms with E-state index in [1.807, 2.05) is 44.2 Å². The fourth-order valence-electron chi connectivity index (χ4n) is 4.06. The topological polar surface area (TPSA) is 116 Å². The van der Waals surface area contributed by atoms with E-state index < -0.39 is 30.4 Å². The summed E-state index contributed by atoms with van der Waals surface area (Å²) < 4.78 is 15.1. The van der Waals surface area contributed by atoms with Gasteiger partial charge in [-0.25, -0.2) is 9.07 Å². The maximum atomic E-state index is 13.6. The smallest absolute Gasteiger partial charge is 0.305 e. The lowest BCUT2D eigenvalue weighted by molar-refractivity contribution is -0.139. The van der Waals surface area contributed by atoms with Gasteiger partial charge in [0.05, 0.1) is 30.0 Å². The molecule has 1 amide bonds. The summed E-state index contributed by atoms with van der Waals surface area (Å²) in [7, 11) is 1.69. The molecule has 2 atom stereocenters. The fraction of sp³-hybridized carbons (Fsp3) is 0.321. The summed E-state index contributed by atoms with van der Waals surface area (Å²) in [6, 6.07) is 15.2. The molecule has 0 spiro atoms. The van der Waals surface area contributed by atoms with Gasteiger partial charge in [-0.1, -0.05) is 50.3 Å². The minimum absolute atomic E-state index is 0.132. The number of carbonyl (C=O) groups is 2. The van der Waals surface area contributed by atoms with Gasteiger partial charge in [0, 0.05) is 25.6 Å². The van der Waals surface area contributed by atoms with Crippen LogP contribution in [0.2, 0.25) is 0 Å². The number of aliphatic hydroxyl groups excluding tert-OH is 2. The van der Waals surface area contributed by atoms with Crippen LogP contribution < -0.4 is 0 Å². The number of rotatable bonds is 11. The lowest BCUT2D eigenvalue weighted by Crippen LogP contribution is -2.27. The molecule has 0 aliphatic rings. The molecular weight excluding hydrogens is 477 g/mol. The summed E-state index contributed by atoms with van der Waals surface area (Å²) in [5.74, 6) is -2.00. The number of carboxylic acid groups (broad SMARTS) is 1. The van der Waals surface area contributed by atoms with Crippen LogP contribution in [-0.4, -0.2) is 61.1 Å². The van der Waals surface area contributed by atoms with Crippen LogP contribution in [0.4, 0.5) is 4.39 Å². The van der Waals surface area contributed by atoms with Crippen LogP contribution in [0.5, 0.6) is 0 Å². The second kappa shape index (κ2) is 12.4. The van der Waals surface area contributed by atoms with Gasteiger partial charge in [-0.2, -0.15) is 5.10 Å². The average Bonchev–Trinajstić information content (AvgIpc) is 3.22. The molecule has 3 aromatic rings. The first kappa shape index (κ1) is 27.8. The Hall–Kier alpha value is -3.82. The van der Waals surface area contributed by atoms with E-state index in [4.69, 9.17) is 5.11 Å². The van der Waals surface area contributed by atoms with E-state index in [9.17, 15) is 24.2 Å². The van der Waals surface area contributed by atoms with Crippen LogP contribution in [0.3, 0.4) is 0 Å².